The molecule has 0 saturated heterocycles. The van der Waals surface area contributed by atoms with Crippen LogP contribution < -0.4 is 0 Å². The van der Waals surface area contributed by atoms with Crippen molar-refractivity contribution in [1.29, 1.82) is 0 Å². The Kier molecular flexibility index (Phi) is 3.90. The lowest BCUT2D eigenvalue weighted by atomic mass is 10.0. The average molecular weight is 216 g/mol. The molecule has 78 valence electrons. The zero-order valence-corrected chi connectivity index (χ0v) is 9.48. The van der Waals surface area contributed by atoms with Crippen LogP contribution in [0.5, 0.6) is 0 Å². The molecule has 1 atom stereocenters. The van der Waals surface area contributed by atoms with Gasteiger partial charge in [0.2, 0.25) is 0 Å². The van der Waals surface area contributed by atoms with Crippen LogP contribution in [0.3, 0.4) is 0 Å². The standard InChI is InChI=1S/C11H15ClFN/c1-4-11(14(2)3)9-6-5-8(12)7-10(9)13/h5-7,11H,4H2,1-3H3. The van der Waals surface area contributed by atoms with Gasteiger partial charge in [-0.1, -0.05) is 24.6 Å². The molecule has 0 bridgehead atoms. The van der Waals surface area contributed by atoms with Crippen molar-refractivity contribution < 1.29 is 4.39 Å². The van der Waals surface area contributed by atoms with Crippen molar-refractivity contribution in [3.63, 3.8) is 0 Å². The molecule has 0 amide bonds. The summed E-state index contributed by atoms with van der Waals surface area (Å²) in [5.74, 6) is -0.224. The average Bonchev–Trinajstić information content (AvgIpc) is 2.09. The third-order valence-electron chi connectivity index (χ3n) is 2.33. The fraction of sp³-hybridized carbons (Fsp3) is 0.455. The first-order chi connectivity index (χ1) is 6.56. The highest BCUT2D eigenvalue weighted by Gasteiger charge is 2.15. The SMILES string of the molecule is CCC(c1ccc(Cl)cc1F)N(C)C. The van der Waals surface area contributed by atoms with Crippen molar-refractivity contribution in [2.75, 3.05) is 14.1 Å². The summed E-state index contributed by atoms with van der Waals surface area (Å²) in [4.78, 5) is 2.01. The Morgan fingerprint density at radius 1 is 1.43 bits per heavy atom. The van der Waals surface area contributed by atoms with E-state index in [1.165, 1.54) is 6.07 Å². The number of hydrogen-bond donors (Lipinski definition) is 0. The highest BCUT2D eigenvalue weighted by atomic mass is 35.5. The molecule has 1 rings (SSSR count). The Bertz CT molecular complexity index is 312. The van der Waals surface area contributed by atoms with Crippen LogP contribution in [0.1, 0.15) is 24.9 Å². The molecular formula is C11H15ClFN. The van der Waals surface area contributed by atoms with Crippen molar-refractivity contribution >= 4 is 11.6 Å². The molecule has 0 fully saturated rings. The van der Waals surface area contributed by atoms with Gasteiger partial charge in [-0.3, -0.25) is 0 Å². The lowest BCUT2D eigenvalue weighted by molar-refractivity contribution is 0.284. The van der Waals surface area contributed by atoms with E-state index in [0.717, 1.165) is 6.42 Å². The quantitative estimate of drug-likeness (QED) is 0.746. The van der Waals surface area contributed by atoms with E-state index in [1.54, 1.807) is 12.1 Å². The van der Waals surface area contributed by atoms with Crippen molar-refractivity contribution in [1.82, 2.24) is 4.90 Å². The van der Waals surface area contributed by atoms with Gasteiger partial charge in [0, 0.05) is 16.6 Å². The van der Waals surface area contributed by atoms with Crippen molar-refractivity contribution in [3.05, 3.63) is 34.6 Å². The second-order valence-electron chi connectivity index (χ2n) is 3.55. The minimum atomic E-state index is -0.224. The molecule has 1 aromatic rings. The van der Waals surface area contributed by atoms with E-state index in [0.29, 0.717) is 10.6 Å². The third-order valence-corrected chi connectivity index (χ3v) is 2.57. The molecular weight excluding hydrogens is 201 g/mol. The molecule has 0 saturated carbocycles. The van der Waals surface area contributed by atoms with Crippen molar-refractivity contribution in [2.45, 2.75) is 19.4 Å². The first-order valence-electron chi connectivity index (χ1n) is 4.67. The number of benzene rings is 1. The molecule has 0 aliphatic heterocycles. The Morgan fingerprint density at radius 2 is 2.07 bits per heavy atom. The predicted molar refractivity (Wildman–Crippen MR) is 58.1 cm³/mol. The molecule has 1 unspecified atom stereocenters. The van der Waals surface area contributed by atoms with Crippen LogP contribution in [0.15, 0.2) is 18.2 Å². The van der Waals surface area contributed by atoms with E-state index in [2.05, 4.69) is 0 Å². The second-order valence-corrected chi connectivity index (χ2v) is 3.99. The summed E-state index contributed by atoms with van der Waals surface area (Å²) >= 11 is 5.69. The lowest BCUT2D eigenvalue weighted by Crippen LogP contribution is -2.20. The Labute approximate surface area is 89.5 Å². The minimum absolute atomic E-state index is 0.118. The van der Waals surface area contributed by atoms with Crippen LogP contribution in [0.4, 0.5) is 4.39 Å². The van der Waals surface area contributed by atoms with Crippen LogP contribution in [-0.4, -0.2) is 19.0 Å². The number of nitrogens with zero attached hydrogens (tertiary/aromatic N) is 1. The Morgan fingerprint density at radius 3 is 2.50 bits per heavy atom. The van der Waals surface area contributed by atoms with Crippen molar-refractivity contribution in [3.8, 4) is 0 Å². The summed E-state index contributed by atoms with van der Waals surface area (Å²) in [6, 6.07) is 4.97. The molecule has 0 aromatic heterocycles. The molecule has 1 nitrogen and oxygen atoms in total. The molecule has 14 heavy (non-hydrogen) atoms. The predicted octanol–water partition coefficient (Wildman–Crippen LogP) is 3.49. The molecule has 3 heteroatoms. The van der Waals surface area contributed by atoms with Crippen LogP contribution in [0.25, 0.3) is 0 Å². The first-order valence-corrected chi connectivity index (χ1v) is 5.05. The van der Waals surface area contributed by atoms with Gasteiger partial charge in [0.25, 0.3) is 0 Å². The summed E-state index contributed by atoms with van der Waals surface area (Å²) < 4.78 is 13.5. The smallest absolute Gasteiger partial charge is 0.129 e. The van der Waals surface area contributed by atoms with E-state index >= 15 is 0 Å². The molecule has 0 aliphatic rings. The summed E-state index contributed by atoms with van der Waals surface area (Å²) in [7, 11) is 3.89. The van der Waals surface area contributed by atoms with Crippen LogP contribution in [-0.2, 0) is 0 Å². The summed E-state index contributed by atoms with van der Waals surface area (Å²) in [5, 5.41) is 0.444. The van der Waals surface area contributed by atoms with Gasteiger partial charge in [-0.05, 0) is 32.6 Å². The maximum atomic E-state index is 13.5. The van der Waals surface area contributed by atoms with Crippen LogP contribution in [0, 0.1) is 5.82 Å². The van der Waals surface area contributed by atoms with Gasteiger partial charge in [0.1, 0.15) is 5.82 Å². The van der Waals surface area contributed by atoms with E-state index in [9.17, 15) is 4.39 Å². The summed E-state index contributed by atoms with van der Waals surface area (Å²) in [6.07, 6.45) is 0.881. The third kappa shape index (κ3) is 2.46. The van der Waals surface area contributed by atoms with Crippen LogP contribution >= 0.6 is 11.6 Å². The molecule has 0 N–H and O–H groups in total. The van der Waals surface area contributed by atoms with Gasteiger partial charge >= 0.3 is 0 Å². The fourth-order valence-corrected chi connectivity index (χ4v) is 1.79. The maximum absolute atomic E-state index is 13.5. The van der Waals surface area contributed by atoms with Gasteiger partial charge in [-0.2, -0.15) is 0 Å². The van der Waals surface area contributed by atoms with Gasteiger partial charge in [-0.25, -0.2) is 4.39 Å². The molecule has 0 aliphatic carbocycles. The van der Waals surface area contributed by atoms with Crippen LogP contribution in [0.2, 0.25) is 5.02 Å². The van der Waals surface area contributed by atoms with Crippen molar-refractivity contribution in [2.24, 2.45) is 0 Å². The van der Waals surface area contributed by atoms with Gasteiger partial charge in [0.15, 0.2) is 0 Å². The number of hydrogen-bond acceptors (Lipinski definition) is 1. The second kappa shape index (κ2) is 4.76. The zero-order valence-electron chi connectivity index (χ0n) is 8.72. The monoisotopic (exact) mass is 215 g/mol. The molecule has 0 spiro atoms. The van der Waals surface area contributed by atoms with E-state index < -0.39 is 0 Å². The summed E-state index contributed by atoms with van der Waals surface area (Å²) in [6.45, 7) is 2.04. The summed E-state index contributed by atoms with van der Waals surface area (Å²) in [5.41, 5.74) is 0.710. The Hall–Kier alpha value is -0.600. The van der Waals surface area contributed by atoms with Gasteiger partial charge in [-0.15, -0.1) is 0 Å². The fourth-order valence-electron chi connectivity index (χ4n) is 1.63. The molecule has 0 heterocycles. The van der Waals surface area contributed by atoms with E-state index in [4.69, 9.17) is 11.6 Å². The normalized spacial score (nSPS) is 13.3. The minimum Gasteiger partial charge on any atom is -0.302 e. The highest BCUT2D eigenvalue weighted by molar-refractivity contribution is 6.30. The lowest BCUT2D eigenvalue weighted by Gasteiger charge is -2.23. The number of rotatable bonds is 3. The number of halogens is 2. The van der Waals surface area contributed by atoms with Gasteiger partial charge < -0.3 is 4.90 Å². The Balaban J connectivity index is 3.04. The maximum Gasteiger partial charge on any atom is 0.129 e. The van der Waals surface area contributed by atoms with E-state index in [-0.39, 0.29) is 11.9 Å². The first kappa shape index (κ1) is 11.5. The largest absolute Gasteiger partial charge is 0.302 e. The van der Waals surface area contributed by atoms with E-state index in [1.807, 2.05) is 25.9 Å². The topological polar surface area (TPSA) is 3.24 Å². The van der Waals surface area contributed by atoms with Gasteiger partial charge in [0.05, 0.1) is 0 Å². The highest BCUT2D eigenvalue weighted by Crippen LogP contribution is 2.26. The molecule has 0 radical (unpaired) electrons. The molecule has 1 aromatic carbocycles. The zero-order chi connectivity index (χ0) is 10.7.